The van der Waals surface area contributed by atoms with E-state index in [9.17, 15) is 4.79 Å². The molecule has 0 bridgehead atoms. The van der Waals surface area contributed by atoms with Crippen molar-refractivity contribution in [2.45, 2.75) is 19.8 Å². The van der Waals surface area contributed by atoms with Crippen LogP contribution in [0.1, 0.15) is 19.8 Å². The molecular weight excluding hydrogens is 214 g/mol. The zero-order valence-corrected chi connectivity index (χ0v) is 10.9. The number of hydrogen-bond donors (Lipinski definition) is 1. The first kappa shape index (κ1) is 13.9. The van der Waals surface area contributed by atoms with E-state index in [2.05, 4.69) is 30.1 Å². The molecule has 1 aliphatic heterocycles. The van der Waals surface area contributed by atoms with Gasteiger partial charge in [0.15, 0.2) is 0 Å². The molecule has 0 spiro atoms. The molecule has 4 heteroatoms. The summed E-state index contributed by atoms with van der Waals surface area (Å²) in [5.41, 5.74) is 0. The predicted molar refractivity (Wildman–Crippen MR) is 69.7 cm³/mol. The molecule has 1 N–H and O–H groups in total. The normalized spacial score (nSPS) is 19.4. The van der Waals surface area contributed by atoms with Gasteiger partial charge >= 0.3 is 6.03 Å². The Kier molecular flexibility index (Phi) is 5.85. The maximum absolute atomic E-state index is 11.7. The monoisotopic (exact) mass is 237 g/mol. The van der Waals surface area contributed by atoms with Crippen molar-refractivity contribution in [3.63, 3.8) is 0 Å². The first-order valence-electron chi connectivity index (χ1n) is 6.32. The minimum absolute atomic E-state index is 0.0244. The molecule has 1 rings (SSSR count). The summed E-state index contributed by atoms with van der Waals surface area (Å²) in [6.07, 6.45) is 7.38. The molecule has 0 aliphatic carbocycles. The van der Waals surface area contributed by atoms with E-state index in [0.29, 0.717) is 12.5 Å². The smallest absolute Gasteiger partial charge is 0.318 e. The molecule has 0 radical (unpaired) electrons. The Labute approximate surface area is 104 Å². The standard InChI is InChI=1S/C13H23N3O/c1-4-7-14-13(17)16-9-6-12(11-16)10-15(3)8-5-2/h1,12H,5-11H2,2-3H3,(H,14,17)/t12-/m1/s1. The lowest BCUT2D eigenvalue weighted by atomic mass is 10.1. The summed E-state index contributed by atoms with van der Waals surface area (Å²) in [5.74, 6) is 3.02. The second-order valence-electron chi connectivity index (χ2n) is 4.73. The fraction of sp³-hybridized carbons (Fsp3) is 0.769. The number of carbonyl (C=O) groups is 1. The lowest BCUT2D eigenvalue weighted by Gasteiger charge is -2.21. The highest BCUT2D eigenvalue weighted by Crippen LogP contribution is 2.17. The molecule has 1 saturated heterocycles. The highest BCUT2D eigenvalue weighted by Gasteiger charge is 2.26. The number of carbonyl (C=O) groups excluding carboxylic acids is 1. The quantitative estimate of drug-likeness (QED) is 0.724. The van der Waals surface area contributed by atoms with E-state index in [1.165, 1.54) is 6.42 Å². The second-order valence-corrected chi connectivity index (χ2v) is 4.73. The van der Waals surface area contributed by atoms with E-state index in [0.717, 1.165) is 32.6 Å². The molecule has 17 heavy (non-hydrogen) atoms. The minimum Gasteiger partial charge on any atom is -0.327 e. The average molecular weight is 237 g/mol. The number of rotatable bonds is 5. The van der Waals surface area contributed by atoms with Gasteiger partial charge in [0.2, 0.25) is 0 Å². The van der Waals surface area contributed by atoms with Crippen molar-refractivity contribution in [3.8, 4) is 12.3 Å². The number of nitrogens with zero attached hydrogens (tertiary/aromatic N) is 2. The first-order valence-corrected chi connectivity index (χ1v) is 6.32. The van der Waals surface area contributed by atoms with Crippen LogP contribution in [0, 0.1) is 18.3 Å². The second kappa shape index (κ2) is 7.18. The van der Waals surface area contributed by atoms with Crippen molar-refractivity contribution in [3.05, 3.63) is 0 Å². The number of terminal acetylenes is 1. The van der Waals surface area contributed by atoms with Crippen molar-refractivity contribution >= 4 is 6.03 Å². The Morgan fingerprint density at radius 1 is 1.65 bits per heavy atom. The van der Waals surface area contributed by atoms with Crippen LogP contribution in [0.5, 0.6) is 0 Å². The van der Waals surface area contributed by atoms with Crippen LogP contribution in [0.25, 0.3) is 0 Å². The van der Waals surface area contributed by atoms with Gasteiger partial charge in [-0.2, -0.15) is 0 Å². The van der Waals surface area contributed by atoms with Gasteiger partial charge in [0, 0.05) is 19.6 Å². The van der Waals surface area contributed by atoms with Crippen LogP contribution >= 0.6 is 0 Å². The van der Waals surface area contributed by atoms with E-state index in [1.807, 2.05) is 4.90 Å². The third-order valence-corrected chi connectivity index (χ3v) is 3.09. The number of amides is 2. The van der Waals surface area contributed by atoms with Crippen LogP contribution in [-0.2, 0) is 0 Å². The molecule has 1 aliphatic rings. The number of nitrogens with one attached hydrogen (secondary N) is 1. The fourth-order valence-corrected chi connectivity index (χ4v) is 2.32. The molecule has 0 aromatic heterocycles. The van der Waals surface area contributed by atoms with E-state index < -0.39 is 0 Å². The topological polar surface area (TPSA) is 35.6 Å². The van der Waals surface area contributed by atoms with Gasteiger partial charge in [-0.1, -0.05) is 12.8 Å². The average Bonchev–Trinajstić information content (AvgIpc) is 2.74. The molecule has 1 atom stereocenters. The van der Waals surface area contributed by atoms with Gasteiger partial charge in [-0.05, 0) is 32.4 Å². The minimum atomic E-state index is -0.0244. The van der Waals surface area contributed by atoms with E-state index >= 15 is 0 Å². The highest BCUT2D eigenvalue weighted by molar-refractivity contribution is 5.74. The Morgan fingerprint density at radius 3 is 3.06 bits per heavy atom. The largest absolute Gasteiger partial charge is 0.327 e. The van der Waals surface area contributed by atoms with Gasteiger partial charge in [-0.3, -0.25) is 0 Å². The lowest BCUT2D eigenvalue weighted by Crippen LogP contribution is -2.39. The molecular formula is C13H23N3O. The molecule has 1 heterocycles. The predicted octanol–water partition coefficient (Wildman–Crippen LogP) is 0.993. The van der Waals surface area contributed by atoms with Crippen LogP contribution in [-0.4, -0.2) is 55.6 Å². The van der Waals surface area contributed by atoms with Crippen molar-refractivity contribution in [1.29, 1.82) is 0 Å². The third kappa shape index (κ3) is 4.66. The zero-order valence-electron chi connectivity index (χ0n) is 10.9. The van der Waals surface area contributed by atoms with E-state index in [4.69, 9.17) is 6.42 Å². The van der Waals surface area contributed by atoms with Gasteiger partial charge < -0.3 is 15.1 Å². The lowest BCUT2D eigenvalue weighted by molar-refractivity contribution is 0.205. The Hall–Kier alpha value is -1.21. The Bertz CT molecular complexity index is 285. The third-order valence-electron chi connectivity index (χ3n) is 3.09. The highest BCUT2D eigenvalue weighted by atomic mass is 16.2. The van der Waals surface area contributed by atoms with Gasteiger partial charge in [0.1, 0.15) is 0 Å². The number of likely N-dealkylation sites (tertiary alicyclic amines) is 1. The number of urea groups is 1. The summed E-state index contributed by atoms with van der Waals surface area (Å²) in [6, 6.07) is -0.0244. The first-order chi connectivity index (χ1) is 8.17. The molecule has 0 saturated carbocycles. The SMILES string of the molecule is C#CCNC(=O)N1CC[C@H](CN(C)CCC)C1. The maximum atomic E-state index is 11.7. The summed E-state index contributed by atoms with van der Waals surface area (Å²) in [7, 11) is 2.14. The van der Waals surface area contributed by atoms with Gasteiger partial charge in [0.05, 0.1) is 6.54 Å². The summed E-state index contributed by atoms with van der Waals surface area (Å²) >= 11 is 0. The molecule has 0 aromatic rings. The summed E-state index contributed by atoms with van der Waals surface area (Å²) in [4.78, 5) is 15.9. The molecule has 0 aromatic carbocycles. The van der Waals surface area contributed by atoms with Crippen molar-refractivity contribution in [2.75, 3.05) is 39.8 Å². The van der Waals surface area contributed by atoms with Crippen LogP contribution in [0.15, 0.2) is 0 Å². The molecule has 96 valence electrons. The Morgan fingerprint density at radius 2 is 2.41 bits per heavy atom. The molecule has 2 amide bonds. The molecule has 1 fully saturated rings. The van der Waals surface area contributed by atoms with Crippen molar-refractivity contribution < 1.29 is 4.79 Å². The summed E-state index contributed by atoms with van der Waals surface area (Å²) < 4.78 is 0. The van der Waals surface area contributed by atoms with Crippen molar-refractivity contribution in [2.24, 2.45) is 5.92 Å². The van der Waals surface area contributed by atoms with E-state index in [1.54, 1.807) is 0 Å². The summed E-state index contributed by atoms with van der Waals surface area (Å²) in [6.45, 7) is 6.40. The van der Waals surface area contributed by atoms with Crippen LogP contribution in [0.2, 0.25) is 0 Å². The van der Waals surface area contributed by atoms with Gasteiger partial charge in [-0.25, -0.2) is 4.79 Å². The molecule has 0 unspecified atom stereocenters. The molecule has 4 nitrogen and oxygen atoms in total. The Balaban J connectivity index is 2.27. The zero-order chi connectivity index (χ0) is 12.7. The maximum Gasteiger partial charge on any atom is 0.318 e. The van der Waals surface area contributed by atoms with Crippen LogP contribution < -0.4 is 5.32 Å². The van der Waals surface area contributed by atoms with Gasteiger partial charge in [0.25, 0.3) is 0 Å². The fourth-order valence-electron chi connectivity index (χ4n) is 2.32. The summed E-state index contributed by atoms with van der Waals surface area (Å²) in [5, 5.41) is 2.71. The van der Waals surface area contributed by atoms with Crippen molar-refractivity contribution in [1.82, 2.24) is 15.1 Å². The number of hydrogen-bond acceptors (Lipinski definition) is 2. The van der Waals surface area contributed by atoms with Gasteiger partial charge in [-0.15, -0.1) is 6.42 Å². The van der Waals surface area contributed by atoms with Crippen LogP contribution in [0.4, 0.5) is 4.79 Å². The van der Waals surface area contributed by atoms with Crippen LogP contribution in [0.3, 0.4) is 0 Å². The van der Waals surface area contributed by atoms with E-state index in [-0.39, 0.29) is 6.03 Å².